The molecular formula is C14H18N4O2. The largest absolute Gasteiger partial charge is 0.359 e. The SMILES string of the molecule is CC(C)c1oncc1NC(=O)c1cnc2n1CCCC2. The molecule has 0 atom stereocenters. The Balaban J connectivity index is 1.83. The molecule has 0 aromatic carbocycles. The first-order valence-corrected chi connectivity index (χ1v) is 6.97. The minimum atomic E-state index is -0.157. The van der Waals surface area contributed by atoms with E-state index >= 15 is 0 Å². The van der Waals surface area contributed by atoms with Crippen LogP contribution in [0.25, 0.3) is 0 Å². The standard InChI is InChI=1S/C14H18N4O2/c1-9(2)13-10(7-16-20-13)17-14(19)11-8-15-12-5-3-4-6-18(11)12/h7-9H,3-6H2,1-2H3,(H,17,19). The first kappa shape index (κ1) is 12.9. The smallest absolute Gasteiger partial charge is 0.274 e. The highest BCUT2D eigenvalue weighted by Gasteiger charge is 2.21. The summed E-state index contributed by atoms with van der Waals surface area (Å²) in [6, 6.07) is 0. The van der Waals surface area contributed by atoms with Crippen molar-refractivity contribution in [2.45, 2.75) is 45.6 Å². The molecule has 2 aromatic heterocycles. The average molecular weight is 274 g/mol. The van der Waals surface area contributed by atoms with Crippen molar-refractivity contribution >= 4 is 11.6 Å². The molecule has 2 aromatic rings. The van der Waals surface area contributed by atoms with E-state index in [1.54, 1.807) is 12.4 Å². The number of amides is 1. The van der Waals surface area contributed by atoms with Gasteiger partial charge in [0, 0.05) is 18.9 Å². The summed E-state index contributed by atoms with van der Waals surface area (Å²) in [7, 11) is 0. The number of rotatable bonds is 3. The second kappa shape index (κ2) is 5.11. The van der Waals surface area contributed by atoms with E-state index in [-0.39, 0.29) is 11.8 Å². The molecule has 6 nitrogen and oxygen atoms in total. The van der Waals surface area contributed by atoms with Crippen molar-refractivity contribution in [1.82, 2.24) is 14.7 Å². The predicted molar refractivity (Wildman–Crippen MR) is 73.7 cm³/mol. The highest BCUT2D eigenvalue weighted by atomic mass is 16.5. The van der Waals surface area contributed by atoms with Gasteiger partial charge in [0.05, 0.1) is 12.4 Å². The van der Waals surface area contributed by atoms with Gasteiger partial charge in [0.25, 0.3) is 5.91 Å². The Morgan fingerprint density at radius 2 is 2.25 bits per heavy atom. The van der Waals surface area contributed by atoms with Gasteiger partial charge >= 0.3 is 0 Å². The maximum absolute atomic E-state index is 12.4. The molecular weight excluding hydrogens is 256 g/mol. The van der Waals surface area contributed by atoms with Crippen LogP contribution >= 0.6 is 0 Å². The Labute approximate surface area is 117 Å². The summed E-state index contributed by atoms with van der Waals surface area (Å²) in [5.41, 5.74) is 1.24. The summed E-state index contributed by atoms with van der Waals surface area (Å²) in [6.07, 6.45) is 6.37. The van der Waals surface area contributed by atoms with Gasteiger partial charge < -0.3 is 14.4 Å². The minimum absolute atomic E-state index is 0.157. The van der Waals surface area contributed by atoms with Crippen LogP contribution in [-0.2, 0) is 13.0 Å². The zero-order valence-corrected chi connectivity index (χ0v) is 11.7. The van der Waals surface area contributed by atoms with Gasteiger partial charge in [-0.05, 0) is 12.8 Å². The highest BCUT2D eigenvalue weighted by molar-refractivity contribution is 6.03. The van der Waals surface area contributed by atoms with Crippen LogP contribution in [-0.4, -0.2) is 20.6 Å². The third kappa shape index (κ3) is 2.21. The number of hydrogen-bond donors (Lipinski definition) is 1. The maximum atomic E-state index is 12.4. The van der Waals surface area contributed by atoms with Crippen molar-refractivity contribution in [2.75, 3.05) is 5.32 Å². The van der Waals surface area contributed by atoms with Crippen molar-refractivity contribution in [2.24, 2.45) is 0 Å². The first-order chi connectivity index (χ1) is 9.66. The summed E-state index contributed by atoms with van der Waals surface area (Å²) in [5, 5.41) is 6.62. The van der Waals surface area contributed by atoms with Gasteiger partial charge in [-0.25, -0.2) is 4.98 Å². The number of carbonyl (C=O) groups is 1. The third-order valence-electron chi connectivity index (χ3n) is 3.57. The first-order valence-electron chi connectivity index (χ1n) is 6.97. The molecule has 0 bridgehead atoms. The Morgan fingerprint density at radius 1 is 1.40 bits per heavy atom. The molecule has 20 heavy (non-hydrogen) atoms. The molecule has 0 radical (unpaired) electrons. The van der Waals surface area contributed by atoms with Crippen LogP contribution in [0.5, 0.6) is 0 Å². The molecule has 1 amide bonds. The van der Waals surface area contributed by atoms with Gasteiger partial charge in [-0.3, -0.25) is 4.79 Å². The molecule has 0 aliphatic carbocycles. The van der Waals surface area contributed by atoms with Crippen LogP contribution in [0.2, 0.25) is 0 Å². The lowest BCUT2D eigenvalue weighted by molar-refractivity contribution is 0.101. The number of aromatic nitrogens is 3. The Hall–Kier alpha value is -2.11. The van der Waals surface area contributed by atoms with Crippen molar-refractivity contribution in [3.63, 3.8) is 0 Å². The van der Waals surface area contributed by atoms with E-state index in [0.29, 0.717) is 17.1 Å². The van der Waals surface area contributed by atoms with Crippen LogP contribution in [0, 0.1) is 0 Å². The number of aryl methyl sites for hydroxylation is 1. The van der Waals surface area contributed by atoms with Crippen molar-refractivity contribution in [3.8, 4) is 0 Å². The van der Waals surface area contributed by atoms with Crippen LogP contribution in [0.4, 0.5) is 5.69 Å². The fourth-order valence-corrected chi connectivity index (χ4v) is 2.54. The normalized spacial score (nSPS) is 14.3. The van der Waals surface area contributed by atoms with E-state index in [9.17, 15) is 4.79 Å². The van der Waals surface area contributed by atoms with E-state index in [1.807, 2.05) is 18.4 Å². The average Bonchev–Trinajstić information content (AvgIpc) is 3.04. The van der Waals surface area contributed by atoms with Gasteiger partial charge in [-0.15, -0.1) is 0 Å². The molecule has 3 rings (SSSR count). The van der Waals surface area contributed by atoms with E-state index in [0.717, 1.165) is 31.6 Å². The highest BCUT2D eigenvalue weighted by Crippen LogP contribution is 2.24. The Kier molecular flexibility index (Phi) is 3.30. The number of nitrogens with zero attached hydrogens (tertiary/aromatic N) is 3. The van der Waals surface area contributed by atoms with E-state index < -0.39 is 0 Å². The predicted octanol–water partition coefficient (Wildman–Crippen LogP) is 2.58. The molecule has 6 heteroatoms. The number of nitrogens with one attached hydrogen (secondary N) is 1. The Morgan fingerprint density at radius 3 is 3.05 bits per heavy atom. The molecule has 0 fully saturated rings. The molecule has 0 unspecified atom stereocenters. The monoisotopic (exact) mass is 274 g/mol. The fourth-order valence-electron chi connectivity index (χ4n) is 2.54. The van der Waals surface area contributed by atoms with E-state index in [2.05, 4.69) is 15.5 Å². The third-order valence-corrected chi connectivity index (χ3v) is 3.57. The fraction of sp³-hybridized carbons (Fsp3) is 0.500. The van der Waals surface area contributed by atoms with Gasteiger partial charge in [0.2, 0.25) is 0 Å². The summed E-state index contributed by atoms with van der Waals surface area (Å²) < 4.78 is 7.17. The quantitative estimate of drug-likeness (QED) is 0.933. The van der Waals surface area contributed by atoms with Gasteiger partial charge in [-0.1, -0.05) is 19.0 Å². The number of anilines is 1. The molecule has 1 aliphatic rings. The summed E-state index contributed by atoms with van der Waals surface area (Å²) in [6.45, 7) is 4.85. The van der Waals surface area contributed by atoms with Gasteiger partial charge in [0.1, 0.15) is 17.2 Å². The second-order valence-corrected chi connectivity index (χ2v) is 5.38. The number of fused-ring (bicyclic) bond motifs is 1. The second-order valence-electron chi connectivity index (χ2n) is 5.38. The van der Waals surface area contributed by atoms with E-state index in [4.69, 9.17) is 4.52 Å². The van der Waals surface area contributed by atoms with Gasteiger partial charge in [-0.2, -0.15) is 0 Å². The van der Waals surface area contributed by atoms with Crippen molar-refractivity contribution in [1.29, 1.82) is 0 Å². The molecule has 3 heterocycles. The van der Waals surface area contributed by atoms with Gasteiger partial charge in [0.15, 0.2) is 5.76 Å². The number of carbonyl (C=O) groups excluding carboxylic acids is 1. The van der Waals surface area contributed by atoms with Crippen LogP contribution < -0.4 is 5.32 Å². The zero-order valence-electron chi connectivity index (χ0n) is 11.7. The summed E-state index contributed by atoms with van der Waals surface area (Å²) in [5.74, 6) is 1.70. The zero-order chi connectivity index (χ0) is 14.1. The minimum Gasteiger partial charge on any atom is -0.359 e. The topological polar surface area (TPSA) is 73.0 Å². The molecule has 1 N–H and O–H groups in total. The van der Waals surface area contributed by atoms with Crippen LogP contribution in [0.3, 0.4) is 0 Å². The van der Waals surface area contributed by atoms with Crippen molar-refractivity contribution in [3.05, 3.63) is 29.7 Å². The lowest BCUT2D eigenvalue weighted by Gasteiger charge is -2.16. The summed E-state index contributed by atoms with van der Waals surface area (Å²) >= 11 is 0. The van der Waals surface area contributed by atoms with Crippen LogP contribution in [0.1, 0.15) is 54.7 Å². The molecule has 0 saturated carbocycles. The Bertz CT molecular complexity index is 627. The van der Waals surface area contributed by atoms with E-state index in [1.165, 1.54) is 0 Å². The maximum Gasteiger partial charge on any atom is 0.274 e. The molecule has 0 saturated heterocycles. The molecule has 106 valence electrons. The summed E-state index contributed by atoms with van der Waals surface area (Å²) in [4.78, 5) is 16.7. The molecule has 1 aliphatic heterocycles. The lowest BCUT2D eigenvalue weighted by atomic mass is 10.1. The molecule has 0 spiro atoms. The van der Waals surface area contributed by atoms with Crippen LogP contribution in [0.15, 0.2) is 16.9 Å². The number of imidazole rings is 1. The number of hydrogen-bond acceptors (Lipinski definition) is 4. The lowest BCUT2D eigenvalue weighted by Crippen LogP contribution is -2.20. The van der Waals surface area contributed by atoms with Crippen molar-refractivity contribution < 1.29 is 9.32 Å².